The van der Waals surface area contributed by atoms with Crippen molar-refractivity contribution in [3.05, 3.63) is 46.6 Å². The molecule has 1 unspecified atom stereocenters. The lowest BCUT2D eigenvalue weighted by Gasteiger charge is -2.30. The van der Waals surface area contributed by atoms with Gasteiger partial charge in [0.2, 0.25) is 5.91 Å². The zero-order valence-corrected chi connectivity index (χ0v) is 14.5. The molecule has 0 radical (unpaired) electrons. The van der Waals surface area contributed by atoms with Gasteiger partial charge < -0.3 is 19.7 Å². The molecule has 0 spiro atoms. The lowest BCUT2D eigenvalue weighted by Crippen LogP contribution is -2.52. The second-order valence-electron chi connectivity index (χ2n) is 5.35. The number of aromatic nitrogens is 2. The molecule has 0 fully saturated rings. The number of nitrogens with zero attached hydrogens (tertiary/aromatic N) is 2. The second-order valence-corrected chi connectivity index (χ2v) is 5.78. The molecule has 0 aliphatic rings. The highest BCUT2D eigenvalue weighted by Gasteiger charge is 2.40. The summed E-state index contributed by atoms with van der Waals surface area (Å²) in [5.41, 5.74) is -1.14. The van der Waals surface area contributed by atoms with Crippen LogP contribution in [0.3, 0.4) is 0 Å². The van der Waals surface area contributed by atoms with Crippen LogP contribution in [0.25, 0.3) is 0 Å². The lowest BCUT2D eigenvalue weighted by atomic mass is 9.87. The molecule has 1 aromatic carbocycles. The van der Waals surface area contributed by atoms with Crippen molar-refractivity contribution in [3.8, 4) is 0 Å². The number of amides is 1. The smallest absolute Gasteiger partial charge is 0.334 e. The Morgan fingerprint density at radius 2 is 2.04 bits per heavy atom. The van der Waals surface area contributed by atoms with Crippen LogP contribution in [-0.4, -0.2) is 33.7 Å². The summed E-state index contributed by atoms with van der Waals surface area (Å²) in [7, 11) is 0. The van der Waals surface area contributed by atoms with Crippen LogP contribution < -0.4 is 5.32 Å². The summed E-state index contributed by atoms with van der Waals surface area (Å²) in [6, 6.07) is 6.29. The molecule has 1 aromatic heterocycles. The molecular weight excluding hydrogens is 350 g/mol. The molecule has 1 heterocycles. The summed E-state index contributed by atoms with van der Waals surface area (Å²) in [6.45, 7) is 2.95. The number of carbonyl (C=O) groups is 2. The molecule has 134 valence electrons. The summed E-state index contributed by atoms with van der Waals surface area (Å²) < 4.78 is 10.1. The van der Waals surface area contributed by atoms with Crippen molar-refractivity contribution in [1.29, 1.82) is 0 Å². The SMILES string of the molecule is CCC(NC(=O)COCc1nc(C)no1)(C(=O)O)c1ccc(Cl)cc1. The molecule has 2 aromatic rings. The number of rotatable bonds is 8. The summed E-state index contributed by atoms with van der Waals surface area (Å²) >= 11 is 5.84. The number of aliphatic carboxylic acids is 1. The number of hydrogen-bond donors (Lipinski definition) is 2. The van der Waals surface area contributed by atoms with Gasteiger partial charge in [0, 0.05) is 5.02 Å². The molecule has 9 heteroatoms. The maximum absolute atomic E-state index is 12.2. The largest absolute Gasteiger partial charge is 0.479 e. The van der Waals surface area contributed by atoms with Crippen LogP contribution in [0, 0.1) is 6.92 Å². The highest BCUT2D eigenvalue weighted by atomic mass is 35.5. The molecule has 8 nitrogen and oxygen atoms in total. The Balaban J connectivity index is 2.04. The average Bonchev–Trinajstić information content (AvgIpc) is 2.98. The van der Waals surface area contributed by atoms with Gasteiger partial charge in [-0.05, 0) is 31.0 Å². The van der Waals surface area contributed by atoms with E-state index in [1.807, 2.05) is 0 Å². The second kappa shape index (κ2) is 8.09. The first-order valence-electron chi connectivity index (χ1n) is 7.54. The fourth-order valence-corrected chi connectivity index (χ4v) is 2.46. The number of carboxylic acid groups (broad SMARTS) is 1. The van der Waals surface area contributed by atoms with Crippen LogP contribution in [0.2, 0.25) is 5.02 Å². The number of benzene rings is 1. The quantitative estimate of drug-likeness (QED) is 0.733. The Labute approximate surface area is 149 Å². The van der Waals surface area contributed by atoms with Gasteiger partial charge in [-0.1, -0.05) is 35.8 Å². The molecule has 0 bridgehead atoms. The summed E-state index contributed by atoms with van der Waals surface area (Å²) in [6.07, 6.45) is 0.151. The van der Waals surface area contributed by atoms with Gasteiger partial charge in [-0.25, -0.2) is 4.79 Å². The molecule has 0 saturated heterocycles. The van der Waals surface area contributed by atoms with Crippen molar-refractivity contribution in [2.45, 2.75) is 32.4 Å². The fourth-order valence-electron chi connectivity index (χ4n) is 2.33. The maximum atomic E-state index is 12.2. The van der Waals surface area contributed by atoms with E-state index in [0.29, 0.717) is 16.4 Å². The number of carbonyl (C=O) groups excluding carboxylic acids is 1. The monoisotopic (exact) mass is 367 g/mol. The number of halogens is 1. The minimum atomic E-state index is -1.56. The van der Waals surface area contributed by atoms with Crippen molar-refractivity contribution < 1.29 is 24.0 Å². The van der Waals surface area contributed by atoms with Crippen molar-refractivity contribution in [2.75, 3.05) is 6.61 Å². The van der Waals surface area contributed by atoms with Gasteiger partial charge in [0.25, 0.3) is 5.89 Å². The molecule has 2 N–H and O–H groups in total. The van der Waals surface area contributed by atoms with Crippen LogP contribution in [0.1, 0.15) is 30.6 Å². The van der Waals surface area contributed by atoms with Crippen LogP contribution in [0.4, 0.5) is 0 Å². The van der Waals surface area contributed by atoms with Crippen LogP contribution >= 0.6 is 11.6 Å². The van der Waals surface area contributed by atoms with E-state index in [4.69, 9.17) is 20.9 Å². The van der Waals surface area contributed by atoms with Crippen molar-refractivity contribution >= 4 is 23.5 Å². The number of ether oxygens (including phenoxy) is 1. The van der Waals surface area contributed by atoms with Gasteiger partial charge in [-0.15, -0.1) is 0 Å². The predicted octanol–water partition coefficient (Wildman–Crippen LogP) is 2.05. The van der Waals surface area contributed by atoms with E-state index in [1.165, 1.54) is 0 Å². The first-order chi connectivity index (χ1) is 11.9. The standard InChI is InChI=1S/C16H18ClN3O5/c1-3-16(15(22)23,11-4-6-12(17)7-5-11)19-13(21)8-24-9-14-18-10(2)20-25-14/h4-7H,3,8-9H2,1-2H3,(H,19,21)(H,22,23). The normalized spacial score (nSPS) is 13.2. The van der Waals surface area contributed by atoms with E-state index < -0.39 is 17.4 Å². The van der Waals surface area contributed by atoms with E-state index in [-0.39, 0.29) is 25.5 Å². The van der Waals surface area contributed by atoms with E-state index >= 15 is 0 Å². The number of carboxylic acids is 1. The van der Waals surface area contributed by atoms with E-state index in [2.05, 4.69) is 15.5 Å². The third kappa shape index (κ3) is 4.55. The van der Waals surface area contributed by atoms with E-state index in [0.717, 1.165) is 0 Å². The Morgan fingerprint density at radius 1 is 1.36 bits per heavy atom. The molecular formula is C16H18ClN3O5. The fraction of sp³-hybridized carbons (Fsp3) is 0.375. The Hall–Kier alpha value is -2.45. The molecule has 0 saturated carbocycles. The number of hydrogen-bond acceptors (Lipinski definition) is 6. The number of nitrogens with one attached hydrogen (secondary N) is 1. The minimum absolute atomic E-state index is 0.0403. The van der Waals surface area contributed by atoms with Gasteiger partial charge in [-0.3, -0.25) is 4.79 Å². The van der Waals surface area contributed by atoms with Crippen LogP contribution in [0.15, 0.2) is 28.8 Å². The Morgan fingerprint density at radius 3 is 2.56 bits per heavy atom. The van der Waals surface area contributed by atoms with Crippen LogP contribution in [-0.2, 0) is 26.5 Å². The zero-order valence-electron chi connectivity index (χ0n) is 13.8. The van der Waals surface area contributed by atoms with Crippen molar-refractivity contribution in [2.24, 2.45) is 0 Å². The van der Waals surface area contributed by atoms with Gasteiger partial charge in [0.1, 0.15) is 13.2 Å². The summed E-state index contributed by atoms with van der Waals surface area (Å²) in [5, 5.41) is 16.3. The molecule has 0 aliphatic heterocycles. The highest BCUT2D eigenvalue weighted by molar-refractivity contribution is 6.30. The first-order valence-corrected chi connectivity index (χ1v) is 7.92. The third-order valence-electron chi connectivity index (χ3n) is 3.61. The van der Waals surface area contributed by atoms with Crippen LogP contribution in [0.5, 0.6) is 0 Å². The molecule has 1 atom stereocenters. The number of aryl methyl sites for hydroxylation is 1. The molecule has 25 heavy (non-hydrogen) atoms. The van der Waals surface area contributed by atoms with Crippen molar-refractivity contribution in [1.82, 2.24) is 15.5 Å². The molecule has 0 aliphatic carbocycles. The Bertz CT molecular complexity index is 746. The Kier molecular flexibility index (Phi) is 6.11. The molecule has 2 rings (SSSR count). The lowest BCUT2D eigenvalue weighted by molar-refractivity contribution is -0.149. The van der Waals surface area contributed by atoms with Gasteiger partial charge >= 0.3 is 5.97 Å². The zero-order chi connectivity index (χ0) is 18.4. The van der Waals surface area contributed by atoms with E-state index in [1.54, 1.807) is 38.1 Å². The molecule has 1 amide bonds. The van der Waals surface area contributed by atoms with Gasteiger partial charge in [0.05, 0.1) is 0 Å². The van der Waals surface area contributed by atoms with Gasteiger partial charge in [-0.2, -0.15) is 4.98 Å². The van der Waals surface area contributed by atoms with Crippen molar-refractivity contribution in [3.63, 3.8) is 0 Å². The highest BCUT2D eigenvalue weighted by Crippen LogP contribution is 2.27. The topological polar surface area (TPSA) is 115 Å². The summed E-state index contributed by atoms with van der Waals surface area (Å²) in [5.74, 6) is -1.04. The maximum Gasteiger partial charge on any atom is 0.334 e. The first kappa shape index (κ1) is 18.9. The third-order valence-corrected chi connectivity index (χ3v) is 3.87. The average molecular weight is 368 g/mol. The predicted molar refractivity (Wildman–Crippen MR) is 87.9 cm³/mol. The minimum Gasteiger partial charge on any atom is -0.479 e. The summed E-state index contributed by atoms with van der Waals surface area (Å²) in [4.78, 5) is 28.0. The van der Waals surface area contributed by atoms with E-state index in [9.17, 15) is 14.7 Å². The van der Waals surface area contributed by atoms with Gasteiger partial charge in [0.15, 0.2) is 11.4 Å².